The number of rotatable bonds is 6. The number of anilines is 1. The van der Waals surface area contributed by atoms with E-state index in [0.717, 1.165) is 45.6 Å². The average Bonchev–Trinajstić information content (AvgIpc) is 2.49. The molecule has 1 atom stereocenters. The number of benzene rings is 1. The van der Waals surface area contributed by atoms with Gasteiger partial charge >= 0.3 is 0 Å². The van der Waals surface area contributed by atoms with Crippen molar-refractivity contribution in [3.8, 4) is 0 Å². The zero-order chi connectivity index (χ0) is 15.3. The van der Waals surface area contributed by atoms with Crippen LogP contribution in [0.1, 0.15) is 26.7 Å². The van der Waals surface area contributed by atoms with Crippen LogP contribution in [0.15, 0.2) is 24.3 Å². The lowest BCUT2D eigenvalue weighted by Gasteiger charge is -2.40. The maximum atomic E-state index is 13.8. The SMILES string of the molecule is CCCC(C)(CO)CN1CCN(c2ccccc2F)CC1. The second kappa shape index (κ2) is 7.23. The Kier molecular flexibility index (Phi) is 5.59. The fourth-order valence-corrected chi connectivity index (χ4v) is 3.21. The molecule has 0 saturated carbocycles. The summed E-state index contributed by atoms with van der Waals surface area (Å²) in [5, 5.41) is 9.63. The molecule has 1 aliphatic heterocycles. The molecule has 3 nitrogen and oxygen atoms in total. The summed E-state index contributed by atoms with van der Waals surface area (Å²) in [6, 6.07) is 6.98. The third-order valence-corrected chi connectivity index (χ3v) is 4.41. The molecule has 21 heavy (non-hydrogen) atoms. The molecule has 0 amide bonds. The number of hydrogen-bond donors (Lipinski definition) is 1. The zero-order valence-electron chi connectivity index (χ0n) is 13.2. The topological polar surface area (TPSA) is 26.7 Å². The standard InChI is InChI=1S/C17H27FN2O/c1-3-8-17(2,14-21)13-19-9-11-20(12-10-19)16-7-5-4-6-15(16)18/h4-7,21H,3,8-14H2,1-2H3. The highest BCUT2D eigenvalue weighted by atomic mass is 19.1. The first-order valence-electron chi connectivity index (χ1n) is 7.91. The van der Waals surface area contributed by atoms with Gasteiger partial charge < -0.3 is 10.0 Å². The molecule has 2 rings (SSSR count). The van der Waals surface area contributed by atoms with Crippen molar-refractivity contribution in [2.75, 3.05) is 44.2 Å². The van der Waals surface area contributed by atoms with Gasteiger partial charge in [0.05, 0.1) is 5.69 Å². The molecule has 118 valence electrons. The maximum absolute atomic E-state index is 13.8. The van der Waals surface area contributed by atoms with E-state index in [2.05, 4.69) is 23.6 Å². The van der Waals surface area contributed by atoms with Gasteiger partial charge in [-0.05, 0) is 18.6 Å². The Hall–Kier alpha value is -1.13. The van der Waals surface area contributed by atoms with E-state index in [1.165, 1.54) is 6.07 Å². The zero-order valence-corrected chi connectivity index (χ0v) is 13.2. The summed E-state index contributed by atoms with van der Waals surface area (Å²) in [5.41, 5.74) is 0.685. The van der Waals surface area contributed by atoms with Crippen molar-refractivity contribution in [3.63, 3.8) is 0 Å². The van der Waals surface area contributed by atoms with Gasteiger partial charge in [-0.3, -0.25) is 4.90 Å². The molecule has 1 heterocycles. The predicted octanol–water partition coefficient (Wildman–Crippen LogP) is 2.75. The van der Waals surface area contributed by atoms with Crippen LogP contribution in [0, 0.1) is 11.2 Å². The number of halogens is 1. The highest BCUT2D eigenvalue weighted by molar-refractivity contribution is 5.47. The van der Waals surface area contributed by atoms with Crippen LogP contribution in [0.4, 0.5) is 10.1 Å². The summed E-state index contributed by atoms with van der Waals surface area (Å²) >= 11 is 0. The molecule has 0 bridgehead atoms. The maximum Gasteiger partial charge on any atom is 0.146 e. The molecule has 1 aromatic carbocycles. The number of piperazine rings is 1. The van der Waals surface area contributed by atoms with E-state index in [4.69, 9.17) is 0 Å². The molecule has 1 aliphatic rings. The first kappa shape index (κ1) is 16.2. The van der Waals surface area contributed by atoms with E-state index in [1.54, 1.807) is 6.07 Å². The largest absolute Gasteiger partial charge is 0.396 e. The molecule has 0 aliphatic carbocycles. The monoisotopic (exact) mass is 294 g/mol. The lowest BCUT2D eigenvalue weighted by Crippen LogP contribution is -2.50. The van der Waals surface area contributed by atoms with Crippen LogP contribution >= 0.6 is 0 Å². The van der Waals surface area contributed by atoms with Gasteiger partial charge in [-0.15, -0.1) is 0 Å². The molecule has 1 N–H and O–H groups in total. The Morgan fingerprint density at radius 1 is 1.19 bits per heavy atom. The lowest BCUT2D eigenvalue weighted by molar-refractivity contribution is 0.0771. The van der Waals surface area contributed by atoms with Gasteiger partial charge in [0, 0.05) is 44.7 Å². The Labute approximate surface area is 127 Å². The van der Waals surface area contributed by atoms with E-state index < -0.39 is 0 Å². The van der Waals surface area contributed by atoms with Gasteiger partial charge in [-0.25, -0.2) is 4.39 Å². The van der Waals surface area contributed by atoms with Crippen molar-refractivity contribution >= 4 is 5.69 Å². The second-order valence-electron chi connectivity index (χ2n) is 6.43. The minimum atomic E-state index is -0.142. The number of hydrogen-bond acceptors (Lipinski definition) is 3. The van der Waals surface area contributed by atoms with Crippen molar-refractivity contribution in [1.82, 2.24) is 4.90 Å². The quantitative estimate of drug-likeness (QED) is 0.874. The van der Waals surface area contributed by atoms with Gasteiger partial charge in [-0.1, -0.05) is 32.4 Å². The van der Waals surface area contributed by atoms with Gasteiger partial charge in [0.15, 0.2) is 0 Å². The number of para-hydroxylation sites is 1. The summed E-state index contributed by atoms with van der Waals surface area (Å²) < 4.78 is 13.8. The predicted molar refractivity (Wildman–Crippen MR) is 85.2 cm³/mol. The molecule has 1 saturated heterocycles. The van der Waals surface area contributed by atoms with E-state index in [1.807, 2.05) is 12.1 Å². The highest BCUT2D eigenvalue weighted by Gasteiger charge is 2.28. The smallest absolute Gasteiger partial charge is 0.146 e. The summed E-state index contributed by atoms with van der Waals surface area (Å²) in [4.78, 5) is 4.51. The van der Waals surface area contributed by atoms with Crippen molar-refractivity contribution < 1.29 is 9.50 Å². The molecule has 0 radical (unpaired) electrons. The normalized spacial score (nSPS) is 19.5. The molecule has 1 unspecified atom stereocenters. The average molecular weight is 294 g/mol. The third-order valence-electron chi connectivity index (χ3n) is 4.41. The lowest BCUT2D eigenvalue weighted by atomic mass is 9.86. The Morgan fingerprint density at radius 3 is 2.43 bits per heavy atom. The van der Waals surface area contributed by atoms with Crippen LogP contribution in [0.3, 0.4) is 0 Å². The van der Waals surface area contributed by atoms with Gasteiger partial charge in [0.25, 0.3) is 0 Å². The fraction of sp³-hybridized carbons (Fsp3) is 0.647. The molecule has 1 aromatic rings. The van der Waals surface area contributed by atoms with Crippen LogP contribution in [0.2, 0.25) is 0 Å². The first-order chi connectivity index (χ1) is 10.1. The Morgan fingerprint density at radius 2 is 1.86 bits per heavy atom. The Bertz CT molecular complexity index is 446. The number of aliphatic hydroxyl groups excluding tert-OH is 1. The summed E-state index contributed by atoms with van der Waals surface area (Å²) in [5.74, 6) is -0.142. The molecule has 1 fully saturated rings. The van der Waals surface area contributed by atoms with E-state index >= 15 is 0 Å². The molecule has 4 heteroatoms. The van der Waals surface area contributed by atoms with Crippen LogP contribution in [0.25, 0.3) is 0 Å². The minimum absolute atomic E-state index is 0.0189. The minimum Gasteiger partial charge on any atom is -0.396 e. The molecular formula is C17H27FN2O. The summed E-state index contributed by atoms with van der Waals surface area (Å²) in [6.45, 7) is 8.99. The summed E-state index contributed by atoms with van der Waals surface area (Å²) in [6.07, 6.45) is 2.13. The summed E-state index contributed by atoms with van der Waals surface area (Å²) in [7, 11) is 0. The van der Waals surface area contributed by atoms with Crippen LogP contribution in [-0.4, -0.2) is 49.3 Å². The van der Waals surface area contributed by atoms with Crippen molar-refractivity contribution in [2.45, 2.75) is 26.7 Å². The van der Waals surface area contributed by atoms with Gasteiger partial charge in [-0.2, -0.15) is 0 Å². The molecule has 0 aromatic heterocycles. The highest BCUT2D eigenvalue weighted by Crippen LogP contribution is 2.26. The van der Waals surface area contributed by atoms with Gasteiger partial charge in [0.1, 0.15) is 5.82 Å². The molecule has 0 spiro atoms. The second-order valence-corrected chi connectivity index (χ2v) is 6.43. The van der Waals surface area contributed by atoms with Crippen LogP contribution in [0.5, 0.6) is 0 Å². The van der Waals surface area contributed by atoms with E-state index in [0.29, 0.717) is 5.69 Å². The van der Waals surface area contributed by atoms with Crippen LogP contribution < -0.4 is 4.90 Å². The third kappa shape index (κ3) is 4.17. The van der Waals surface area contributed by atoms with E-state index in [-0.39, 0.29) is 17.8 Å². The molecular weight excluding hydrogens is 267 g/mol. The van der Waals surface area contributed by atoms with E-state index in [9.17, 15) is 9.50 Å². The van der Waals surface area contributed by atoms with Gasteiger partial charge in [0.2, 0.25) is 0 Å². The van der Waals surface area contributed by atoms with Crippen molar-refractivity contribution in [3.05, 3.63) is 30.1 Å². The van der Waals surface area contributed by atoms with Crippen LogP contribution in [-0.2, 0) is 0 Å². The Balaban J connectivity index is 1.90. The first-order valence-corrected chi connectivity index (χ1v) is 7.91. The number of nitrogens with zero attached hydrogens (tertiary/aromatic N) is 2. The van der Waals surface area contributed by atoms with Crippen molar-refractivity contribution in [2.24, 2.45) is 5.41 Å². The van der Waals surface area contributed by atoms with Crippen molar-refractivity contribution in [1.29, 1.82) is 0 Å². The fourth-order valence-electron chi connectivity index (χ4n) is 3.21. The number of aliphatic hydroxyl groups is 1.